The molecule has 0 aliphatic heterocycles. The Balaban J connectivity index is 5.00. The van der Waals surface area contributed by atoms with Gasteiger partial charge in [-0.15, -0.1) is 0 Å². The van der Waals surface area contributed by atoms with Gasteiger partial charge in [0.25, 0.3) is 0 Å². The smallest absolute Gasteiger partial charge is 0.0785 e. The average Bonchev–Trinajstić information content (AvgIpc) is 2.29. The molecule has 16 heavy (non-hydrogen) atoms. The van der Waals surface area contributed by atoms with E-state index < -0.39 is 6.34 Å². The van der Waals surface area contributed by atoms with Crippen LogP contribution in [0, 0.1) is 11.3 Å². The highest BCUT2D eigenvalue weighted by atomic mass is 32.4. The first-order valence-corrected chi connectivity index (χ1v) is 8.96. The van der Waals surface area contributed by atoms with Crippen molar-refractivity contribution in [2.75, 3.05) is 32.3 Å². The van der Waals surface area contributed by atoms with Crippen LogP contribution in [0.4, 0.5) is 0 Å². The predicted molar refractivity (Wildman–Crippen MR) is 75.2 cm³/mol. The van der Waals surface area contributed by atoms with Gasteiger partial charge in [-0.25, -0.2) is 0 Å². The molecular weight excluding hydrogens is 237 g/mol. The third kappa shape index (κ3) is 3.82. The Morgan fingerprint density at radius 3 is 1.62 bits per heavy atom. The van der Waals surface area contributed by atoms with E-state index in [2.05, 4.69) is 43.1 Å². The van der Waals surface area contributed by atoms with Gasteiger partial charge in [-0.1, -0.05) is 39.5 Å². The van der Waals surface area contributed by atoms with Crippen LogP contribution in [0.1, 0.15) is 34.1 Å². The Kier molecular flexibility index (Phi) is 8.23. The molecule has 0 saturated heterocycles. The summed E-state index contributed by atoms with van der Waals surface area (Å²) in [5.74, 6) is 0. The van der Waals surface area contributed by atoms with E-state index in [1.54, 1.807) is 0 Å². The number of hydrogen-bond acceptors (Lipinski definition) is 2. The number of nitrogens with zero attached hydrogens (tertiary/aromatic N) is 3. The second kappa shape index (κ2) is 8.20. The van der Waals surface area contributed by atoms with Crippen LogP contribution >= 0.6 is 6.34 Å². The first-order valence-electron chi connectivity index (χ1n) is 6.07. The highest BCUT2D eigenvalue weighted by molar-refractivity contribution is 8.12. The van der Waals surface area contributed by atoms with Crippen molar-refractivity contribution in [3.8, 4) is 6.07 Å². The SMILES string of the molecule is CCN(CC)P(=S)(CCC#N)N(CC)CC. The summed E-state index contributed by atoms with van der Waals surface area (Å²) >= 11 is 5.92. The van der Waals surface area contributed by atoms with Crippen LogP contribution in [-0.2, 0) is 11.8 Å². The monoisotopic (exact) mass is 261 g/mol. The molecule has 0 heterocycles. The lowest BCUT2D eigenvalue weighted by atomic mass is 10.6. The molecule has 0 N–H and O–H groups in total. The topological polar surface area (TPSA) is 30.3 Å². The van der Waals surface area contributed by atoms with E-state index in [1.807, 2.05) is 0 Å². The average molecular weight is 261 g/mol. The Morgan fingerprint density at radius 1 is 1.00 bits per heavy atom. The highest BCUT2D eigenvalue weighted by Gasteiger charge is 2.28. The summed E-state index contributed by atoms with van der Waals surface area (Å²) in [6.45, 7) is 12.5. The minimum Gasteiger partial charge on any atom is -0.264 e. The fourth-order valence-electron chi connectivity index (χ4n) is 1.99. The Hall–Kier alpha value is 0.0600. The minimum absolute atomic E-state index is 0.574. The van der Waals surface area contributed by atoms with E-state index in [1.165, 1.54) is 0 Å². The van der Waals surface area contributed by atoms with Crippen LogP contribution in [0.2, 0.25) is 0 Å². The van der Waals surface area contributed by atoms with Crippen LogP contribution in [-0.4, -0.2) is 41.7 Å². The van der Waals surface area contributed by atoms with Crippen molar-refractivity contribution in [3.63, 3.8) is 0 Å². The van der Waals surface area contributed by atoms with E-state index in [4.69, 9.17) is 17.1 Å². The number of rotatable bonds is 8. The van der Waals surface area contributed by atoms with Gasteiger partial charge in [0.15, 0.2) is 0 Å². The van der Waals surface area contributed by atoms with Crippen molar-refractivity contribution >= 4 is 18.1 Å². The third-order valence-corrected chi connectivity index (χ3v) is 8.50. The lowest BCUT2D eigenvalue weighted by molar-refractivity contribution is 0.420. The van der Waals surface area contributed by atoms with Gasteiger partial charge in [0.05, 0.1) is 12.4 Å². The second-order valence-corrected chi connectivity index (χ2v) is 8.24. The molecule has 0 bridgehead atoms. The second-order valence-electron chi connectivity index (χ2n) is 3.57. The van der Waals surface area contributed by atoms with Crippen LogP contribution in [0.25, 0.3) is 0 Å². The molecule has 0 atom stereocenters. The van der Waals surface area contributed by atoms with E-state index >= 15 is 0 Å². The normalized spacial score (nSPS) is 12.1. The molecule has 0 aromatic rings. The number of nitriles is 1. The van der Waals surface area contributed by atoms with Crippen molar-refractivity contribution in [1.82, 2.24) is 9.34 Å². The summed E-state index contributed by atoms with van der Waals surface area (Å²) in [6.07, 6.45) is -0.256. The van der Waals surface area contributed by atoms with E-state index in [9.17, 15) is 0 Å². The maximum absolute atomic E-state index is 8.77. The zero-order valence-electron chi connectivity index (χ0n) is 10.9. The van der Waals surface area contributed by atoms with Crippen LogP contribution in [0.3, 0.4) is 0 Å². The maximum Gasteiger partial charge on any atom is 0.0785 e. The number of hydrogen-bond donors (Lipinski definition) is 0. The minimum atomic E-state index is -1.68. The Labute approximate surface area is 106 Å². The molecule has 5 heteroatoms. The van der Waals surface area contributed by atoms with E-state index in [-0.39, 0.29) is 0 Å². The summed E-state index contributed by atoms with van der Waals surface area (Å²) in [5, 5.41) is 8.77. The first kappa shape index (κ1) is 16.1. The molecule has 0 fully saturated rings. The van der Waals surface area contributed by atoms with Crippen molar-refractivity contribution in [2.45, 2.75) is 34.1 Å². The summed E-state index contributed by atoms with van der Waals surface area (Å²) in [7, 11) is 0. The zero-order valence-corrected chi connectivity index (χ0v) is 12.7. The predicted octanol–water partition coefficient (Wildman–Crippen LogP) is 2.89. The molecule has 0 aliphatic rings. The molecule has 0 aromatic carbocycles. The van der Waals surface area contributed by atoms with Gasteiger partial charge >= 0.3 is 0 Å². The molecular formula is C11H24N3PS. The molecule has 0 saturated carbocycles. The molecule has 0 aliphatic carbocycles. The van der Waals surface area contributed by atoms with Crippen LogP contribution < -0.4 is 0 Å². The van der Waals surface area contributed by atoms with E-state index in [0.717, 1.165) is 32.3 Å². The Morgan fingerprint density at radius 2 is 1.38 bits per heavy atom. The summed E-state index contributed by atoms with van der Waals surface area (Å²) < 4.78 is 4.76. The Bertz CT molecular complexity index is 251. The largest absolute Gasteiger partial charge is 0.264 e. The highest BCUT2D eigenvalue weighted by Crippen LogP contribution is 2.53. The fourth-order valence-corrected chi connectivity index (χ4v) is 6.73. The quantitative estimate of drug-likeness (QED) is 0.629. The van der Waals surface area contributed by atoms with Gasteiger partial charge in [-0.05, 0) is 0 Å². The molecule has 0 unspecified atom stereocenters. The molecule has 0 aromatic heterocycles. The first-order chi connectivity index (χ1) is 7.60. The molecule has 94 valence electrons. The van der Waals surface area contributed by atoms with Crippen LogP contribution in [0.15, 0.2) is 0 Å². The molecule has 0 radical (unpaired) electrons. The van der Waals surface area contributed by atoms with Gasteiger partial charge in [0, 0.05) is 38.8 Å². The molecule has 0 spiro atoms. The van der Waals surface area contributed by atoms with Gasteiger partial charge in [-0.3, -0.25) is 9.34 Å². The van der Waals surface area contributed by atoms with E-state index in [0.29, 0.717) is 6.42 Å². The van der Waals surface area contributed by atoms with Crippen LogP contribution in [0.5, 0.6) is 0 Å². The standard InChI is InChI=1S/C11H24N3PS/c1-5-13(6-2)15(16,11-9-10-12)14(7-3)8-4/h5-9,11H2,1-4H3. The summed E-state index contributed by atoms with van der Waals surface area (Å²) in [6, 6.07) is 2.24. The molecule has 0 rings (SSSR count). The summed E-state index contributed by atoms with van der Waals surface area (Å²) in [4.78, 5) is 0. The molecule has 3 nitrogen and oxygen atoms in total. The molecule has 0 amide bonds. The van der Waals surface area contributed by atoms with Gasteiger partial charge in [0.1, 0.15) is 0 Å². The van der Waals surface area contributed by atoms with Crippen molar-refractivity contribution < 1.29 is 0 Å². The zero-order chi connectivity index (χ0) is 12.6. The van der Waals surface area contributed by atoms with Gasteiger partial charge in [-0.2, -0.15) is 5.26 Å². The van der Waals surface area contributed by atoms with Crippen molar-refractivity contribution in [2.24, 2.45) is 0 Å². The van der Waals surface area contributed by atoms with Crippen molar-refractivity contribution in [1.29, 1.82) is 5.26 Å². The summed E-state index contributed by atoms with van der Waals surface area (Å²) in [5.41, 5.74) is 0. The maximum atomic E-state index is 8.77. The third-order valence-electron chi connectivity index (χ3n) is 2.86. The lowest BCUT2D eigenvalue weighted by Gasteiger charge is -2.41. The van der Waals surface area contributed by atoms with Gasteiger partial charge in [0.2, 0.25) is 0 Å². The van der Waals surface area contributed by atoms with Crippen molar-refractivity contribution in [3.05, 3.63) is 0 Å². The lowest BCUT2D eigenvalue weighted by Crippen LogP contribution is -2.33. The fraction of sp³-hybridized carbons (Fsp3) is 0.909. The van der Waals surface area contributed by atoms with Gasteiger partial charge < -0.3 is 0 Å².